The van der Waals surface area contributed by atoms with Crippen molar-refractivity contribution in [2.24, 2.45) is 16.3 Å². The van der Waals surface area contributed by atoms with E-state index < -0.39 is 5.41 Å². The van der Waals surface area contributed by atoms with E-state index in [1.807, 2.05) is 13.8 Å². The third-order valence-corrected chi connectivity index (χ3v) is 4.34. The third-order valence-electron chi connectivity index (χ3n) is 3.42. The molecule has 0 aromatic heterocycles. The average molecular weight is 363 g/mol. The molecule has 0 saturated carbocycles. The van der Waals surface area contributed by atoms with E-state index in [9.17, 15) is 4.79 Å². The van der Waals surface area contributed by atoms with Crippen LogP contribution >= 0.6 is 27.5 Å². The number of carbonyl (C=O) groups is 1. The molecule has 0 atom stereocenters. The van der Waals surface area contributed by atoms with Gasteiger partial charge >= 0.3 is 0 Å². The highest BCUT2D eigenvalue weighted by Gasteiger charge is 2.40. The van der Waals surface area contributed by atoms with Gasteiger partial charge in [-0.25, -0.2) is 0 Å². The molecule has 0 heterocycles. The molecule has 0 bridgehead atoms. The Labute approximate surface area is 131 Å². The molecule has 0 radical (unpaired) electrons. The molecule has 20 heavy (non-hydrogen) atoms. The highest BCUT2D eigenvalue weighted by atomic mass is 79.9. The standard InChI is InChI=1S/C13H17BrClN3O2/c1-3-13(4-2,11(16)18-20)12(19)17-10-7-8(15)5-6-9(10)14/h5-7,20H,3-4H2,1-2H3,(H2,16,18)(H,17,19). The number of carbonyl (C=O) groups excluding carboxylic acids is 1. The van der Waals surface area contributed by atoms with E-state index in [1.165, 1.54) is 0 Å². The number of nitrogens with zero attached hydrogens (tertiary/aromatic N) is 1. The van der Waals surface area contributed by atoms with Crippen LogP contribution in [0.4, 0.5) is 5.69 Å². The number of hydrogen-bond donors (Lipinski definition) is 3. The van der Waals surface area contributed by atoms with E-state index in [1.54, 1.807) is 18.2 Å². The summed E-state index contributed by atoms with van der Waals surface area (Å²) in [6.45, 7) is 3.63. The van der Waals surface area contributed by atoms with Crippen LogP contribution in [0.1, 0.15) is 26.7 Å². The molecule has 0 spiro atoms. The summed E-state index contributed by atoms with van der Waals surface area (Å²) in [7, 11) is 0. The van der Waals surface area contributed by atoms with Crippen molar-refractivity contribution in [3.8, 4) is 0 Å². The molecule has 0 aliphatic rings. The van der Waals surface area contributed by atoms with Gasteiger partial charge < -0.3 is 16.3 Å². The second-order valence-corrected chi connectivity index (χ2v) is 5.64. The predicted molar refractivity (Wildman–Crippen MR) is 84.2 cm³/mol. The van der Waals surface area contributed by atoms with Crippen molar-refractivity contribution in [3.05, 3.63) is 27.7 Å². The first-order valence-corrected chi connectivity index (χ1v) is 7.32. The zero-order chi connectivity index (χ0) is 15.3. The van der Waals surface area contributed by atoms with Gasteiger partial charge in [0.1, 0.15) is 5.41 Å². The molecule has 0 saturated heterocycles. The van der Waals surface area contributed by atoms with Gasteiger partial charge in [0, 0.05) is 9.50 Å². The monoisotopic (exact) mass is 361 g/mol. The summed E-state index contributed by atoms with van der Waals surface area (Å²) in [6.07, 6.45) is 0.840. The van der Waals surface area contributed by atoms with Crippen LogP contribution in [0.3, 0.4) is 0 Å². The van der Waals surface area contributed by atoms with Gasteiger partial charge in [-0.05, 0) is 47.0 Å². The Bertz CT molecular complexity index is 530. The normalized spacial score (nSPS) is 12.3. The minimum atomic E-state index is -1.05. The fourth-order valence-corrected chi connectivity index (χ4v) is 2.50. The quantitative estimate of drug-likeness (QED) is 0.324. The number of anilines is 1. The number of halogens is 2. The maximum Gasteiger partial charge on any atom is 0.238 e. The Balaban J connectivity index is 3.12. The number of amidine groups is 1. The van der Waals surface area contributed by atoms with Crippen LogP contribution in [0.25, 0.3) is 0 Å². The summed E-state index contributed by atoms with van der Waals surface area (Å²) >= 11 is 9.25. The summed E-state index contributed by atoms with van der Waals surface area (Å²) in [5.41, 5.74) is 5.19. The fourth-order valence-electron chi connectivity index (χ4n) is 1.98. The van der Waals surface area contributed by atoms with Crippen molar-refractivity contribution in [2.45, 2.75) is 26.7 Å². The molecule has 5 nitrogen and oxygen atoms in total. The second-order valence-electron chi connectivity index (χ2n) is 4.35. The van der Waals surface area contributed by atoms with Crippen LogP contribution in [0.2, 0.25) is 5.02 Å². The zero-order valence-electron chi connectivity index (χ0n) is 11.3. The number of hydrogen-bond acceptors (Lipinski definition) is 3. The number of amides is 1. The van der Waals surface area contributed by atoms with Crippen molar-refractivity contribution in [3.63, 3.8) is 0 Å². The van der Waals surface area contributed by atoms with E-state index in [4.69, 9.17) is 22.5 Å². The average Bonchev–Trinajstić information content (AvgIpc) is 2.44. The van der Waals surface area contributed by atoms with Crippen molar-refractivity contribution in [2.75, 3.05) is 5.32 Å². The van der Waals surface area contributed by atoms with Crippen LogP contribution in [-0.4, -0.2) is 17.0 Å². The highest BCUT2D eigenvalue weighted by molar-refractivity contribution is 9.10. The number of rotatable bonds is 5. The minimum absolute atomic E-state index is 0.0989. The van der Waals surface area contributed by atoms with Gasteiger partial charge in [-0.15, -0.1) is 0 Å². The summed E-state index contributed by atoms with van der Waals surface area (Å²) in [5.74, 6) is -0.432. The Morgan fingerprint density at radius 3 is 2.60 bits per heavy atom. The van der Waals surface area contributed by atoms with Gasteiger partial charge in [-0.3, -0.25) is 4.79 Å². The van der Waals surface area contributed by atoms with Crippen LogP contribution in [0, 0.1) is 5.41 Å². The van der Waals surface area contributed by atoms with E-state index in [0.29, 0.717) is 28.0 Å². The van der Waals surface area contributed by atoms with E-state index in [2.05, 4.69) is 26.4 Å². The zero-order valence-corrected chi connectivity index (χ0v) is 13.6. The Morgan fingerprint density at radius 2 is 2.10 bits per heavy atom. The van der Waals surface area contributed by atoms with Gasteiger partial charge in [0.15, 0.2) is 5.84 Å². The molecule has 0 aliphatic heterocycles. The van der Waals surface area contributed by atoms with E-state index in [0.717, 1.165) is 0 Å². The molecule has 110 valence electrons. The first kappa shape index (κ1) is 16.8. The fraction of sp³-hybridized carbons (Fsp3) is 0.385. The Hall–Kier alpha value is -1.27. The number of nitrogens with one attached hydrogen (secondary N) is 1. The van der Waals surface area contributed by atoms with Crippen molar-refractivity contribution in [1.29, 1.82) is 0 Å². The number of benzene rings is 1. The summed E-state index contributed by atoms with van der Waals surface area (Å²) in [6, 6.07) is 5.07. The lowest BCUT2D eigenvalue weighted by molar-refractivity contribution is -0.122. The van der Waals surface area contributed by atoms with E-state index >= 15 is 0 Å². The minimum Gasteiger partial charge on any atom is -0.409 e. The van der Waals surface area contributed by atoms with Crippen molar-refractivity contribution >= 4 is 45.0 Å². The van der Waals surface area contributed by atoms with Gasteiger partial charge in [0.05, 0.1) is 5.69 Å². The molecule has 1 aromatic carbocycles. The van der Waals surface area contributed by atoms with Crippen molar-refractivity contribution < 1.29 is 10.0 Å². The molecular weight excluding hydrogens is 346 g/mol. The molecule has 1 amide bonds. The first-order chi connectivity index (χ1) is 9.41. The highest BCUT2D eigenvalue weighted by Crippen LogP contribution is 2.31. The molecule has 0 fully saturated rings. The lowest BCUT2D eigenvalue weighted by Crippen LogP contribution is -2.46. The predicted octanol–water partition coefficient (Wildman–Crippen LogP) is 3.59. The van der Waals surface area contributed by atoms with Crippen LogP contribution < -0.4 is 11.1 Å². The van der Waals surface area contributed by atoms with Crippen LogP contribution in [0.15, 0.2) is 27.8 Å². The third kappa shape index (κ3) is 3.24. The van der Waals surface area contributed by atoms with Gasteiger partial charge in [-0.2, -0.15) is 0 Å². The largest absolute Gasteiger partial charge is 0.409 e. The summed E-state index contributed by atoms with van der Waals surface area (Å²) in [5, 5.41) is 15.2. The molecule has 7 heteroatoms. The summed E-state index contributed by atoms with van der Waals surface area (Å²) < 4.78 is 0.705. The summed E-state index contributed by atoms with van der Waals surface area (Å²) in [4.78, 5) is 12.5. The van der Waals surface area contributed by atoms with Gasteiger partial charge in [0.25, 0.3) is 0 Å². The Kier molecular flexibility index (Phi) is 5.83. The van der Waals surface area contributed by atoms with Crippen LogP contribution in [-0.2, 0) is 4.79 Å². The SMILES string of the molecule is CCC(CC)(C(=O)Nc1cc(Cl)ccc1Br)/C(N)=N/O. The molecular formula is C13H17BrClN3O2. The second kappa shape index (κ2) is 6.95. The van der Waals surface area contributed by atoms with Crippen molar-refractivity contribution in [1.82, 2.24) is 0 Å². The lowest BCUT2D eigenvalue weighted by atomic mass is 9.80. The molecule has 4 N–H and O–H groups in total. The number of oxime groups is 1. The first-order valence-electron chi connectivity index (χ1n) is 6.15. The van der Waals surface area contributed by atoms with Gasteiger partial charge in [-0.1, -0.05) is 30.6 Å². The maximum atomic E-state index is 12.5. The molecule has 1 aromatic rings. The Morgan fingerprint density at radius 1 is 1.50 bits per heavy atom. The maximum absolute atomic E-state index is 12.5. The smallest absolute Gasteiger partial charge is 0.238 e. The topological polar surface area (TPSA) is 87.7 Å². The molecule has 1 rings (SSSR count). The number of nitrogens with two attached hydrogens (primary N) is 1. The molecule has 0 aliphatic carbocycles. The van der Waals surface area contributed by atoms with Gasteiger partial charge in [0.2, 0.25) is 5.91 Å². The molecule has 0 unspecified atom stereocenters. The van der Waals surface area contributed by atoms with E-state index in [-0.39, 0.29) is 11.7 Å². The lowest BCUT2D eigenvalue weighted by Gasteiger charge is -2.28. The van der Waals surface area contributed by atoms with Crippen LogP contribution in [0.5, 0.6) is 0 Å².